The summed E-state index contributed by atoms with van der Waals surface area (Å²) in [4.78, 5) is 12.8. The standard InChI is InChI=1S/C12H18N2O2/c1-4-14(9(3)12(15)16)10-5-6-11(13)8(2)7-10/h5-7,9H,4,13H2,1-3H3,(H,15,16). The van der Waals surface area contributed by atoms with Gasteiger partial charge in [-0.1, -0.05) is 0 Å². The van der Waals surface area contributed by atoms with Crippen LogP contribution in [0.4, 0.5) is 11.4 Å². The molecule has 0 saturated carbocycles. The highest BCUT2D eigenvalue weighted by Crippen LogP contribution is 2.22. The van der Waals surface area contributed by atoms with Gasteiger partial charge in [0.1, 0.15) is 6.04 Å². The van der Waals surface area contributed by atoms with Crippen LogP contribution in [-0.4, -0.2) is 23.7 Å². The lowest BCUT2D eigenvalue weighted by Crippen LogP contribution is -2.38. The van der Waals surface area contributed by atoms with Crippen molar-refractivity contribution in [2.75, 3.05) is 17.2 Å². The Balaban J connectivity index is 3.04. The zero-order chi connectivity index (χ0) is 12.3. The molecule has 0 fully saturated rings. The average molecular weight is 222 g/mol. The fourth-order valence-corrected chi connectivity index (χ4v) is 1.65. The van der Waals surface area contributed by atoms with E-state index >= 15 is 0 Å². The van der Waals surface area contributed by atoms with Crippen molar-refractivity contribution < 1.29 is 9.90 Å². The molecule has 1 aromatic carbocycles. The number of hydrogen-bond donors (Lipinski definition) is 2. The number of anilines is 2. The van der Waals surface area contributed by atoms with Gasteiger partial charge in [0, 0.05) is 17.9 Å². The van der Waals surface area contributed by atoms with E-state index in [1.54, 1.807) is 6.92 Å². The normalized spacial score (nSPS) is 12.2. The molecule has 0 aliphatic rings. The molecule has 0 aliphatic heterocycles. The summed E-state index contributed by atoms with van der Waals surface area (Å²) in [6.45, 7) is 6.18. The van der Waals surface area contributed by atoms with E-state index in [-0.39, 0.29) is 0 Å². The molecule has 3 N–H and O–H groups in total. The van der Waals surface area contributed by atoms with Crippen LogP contribution < -0.4 is 10.6 Å². The van der Waals surface area contributed by atoms with Crippen LogP contribution in [0.15, 0.2) is 18.2 Å². The summed E-state index contributed by atoms with van der Waals surface area (Å²) in [6, 6.07) is 5.04. The predicted octanol–water partition coefficient (Wildman–Crippen LogP) is 1.88. The molecule has 0 spiro atoms. The Bertz CT molecular complexity index is 391. The maximum Gasteiger partial charge on any atom is 0.326 e. The lowest BCUT2D eigenvalue weighted by Gasteiger charge is -2.27. The van der Waals surface area contributed by atoms with E-state index in [0.717, 1.165) is 16.9 Å². The molecular weight excluding hydrogens is 204 g/mol. The molecule has 4 nitrogen and oxygen atoms in total. The first kappa shape index (κ1) is 12.4. The van der Waals surface area contributed by atoms with Crippen molar-refractivity contribution in [1.29, 1.82) is 0 Å². The van der Waals surface area contributed by atoms with Crippen LogP contribution in [-0.2, 0) is 4.79 Å². The van der Waals surface area contributed by atoms with Gasteiger partial charge >= 0.3 is 5.97 Å². The molecule has 0 aliphatic carbocycles. The number of benzene rings is 1. The number of hydrogen-bond acceptors (Lipinski definition) is 3. The second-order valence-corrected chi connectivity index (χ2v) is 3.84. The van der Waals surface area contributed by atoms with Gasteiger partial charge < -0.3 is 15.7 Å². The largest absolute Gasteiger partial charge is 0.480 e. The molecule has 1 atom stereocenters. The zero-order valence-corrected chi connectivity index (χ0v) is 9.90. The van der Waals surface area contributed by atoms with Crippen LogP contribution in [0.3, 0.4) is 0 Å². The van der Waals surface area contributed by atoms with Crippen molar-refractivity contribution in [2.24, 2.45) is 0 Å². The second kappa shape index (κ2) is 4.88. The first-order valence-corrected chi connectivity index (χ1v) is 5.33. The number of carboxylic acid groups (broad SMARTS) is 1. The number of nitrogens with zero attached hydrogens (tertiary/aromatic N) is 1. The Labute approximate surface area is 95.7 Å². The van der Waals surface area contributed by atoms with Crippen molar-refractivity contribution in [1.82, 2.24) is 0 Å². The van der Waals surface area contributed by atoms with Gasteiger partial charge in [-0.25, -0.2) is 4.79 Å². The third-order valence-corrected chi connectivity index (χ3v) is 2.75. The van der Waals surface area contributed by atoms with Crippen LogP contribution >= 0.6 is 0 Å². The number of nitrogens with two attached hydrogens (primary N) is 1. The second-order valence-electron chi connectivity index (χ2n) is 3.84. The van der Waals surface area contributed by atoms with Gasteiger partial charge in [-0.3, -0.25) is 0 Å². The first-order chi connectivity index (χ1) is 7.47. The molecule has 1 unspecified atom stereocenters. The Hall–Kier alpha value is -1.71. The summed E-state index contributed by atoms with van der Waals surface area (Å²) >= 11 is 0. The van der Waals surface area contributed by atoms with E-state index < -0.39 is 12.0 Å². The van der Waals surface area contributed by atoms with Gasteiger partial charge in [0.2, 0.25) is 0 Å². The van der Waals surface area contributed by atoms with E-state index in [9.17, 15) is 4.79 Å². The van der Waals surface area contributed by atoms with Gasteiger partial charge in [-0.05, 0) is 44.5 Å². The summed E-state index contributed by atoms with van der Waals surface area (Å²) in [5.41, 5.74) is 8.32. The zero-order valence-electron chi connectivity index (χ0n) is 9.90. The molecule has 0 radical (unpaired) electrons. The van der Waals surface area contributed by atoms with Crippen LogP contribution in [0.25, 0.3) is 0 Å². The number of rotatable bonds is 4. The van der Waals surface area contributed by atoms with Gasteiger partial charge in [0.25, 0.3) is 0 Å². The molecule has 1 rings (SSSR count). The molecular formula is C12H18N2O2. The van der Waals surface area contributed by atoms with Crippen LogP contribution in [0.2, 0.25) is 0 Å². The number of carboxylic acids is 1. The number of aryl methyl sites for hydroxylation is 1. The number of carbonyl (C=O) groups is 1. The molecule has 0 amide bonds. The minimum absolute atomic E-state index is 0.534. The first-order valence-electron chi connectivity index (χ1n) is 5.33. The number of likely N-dealkylation sites (N-methyl/N-ethyl adjacent to an activating group) is 1. The minimum atomic E-state index is -0.823. The van der Waals surface area contributed by atoms with E-state index in [4.69, 9.17) is 10.8 Å². The van der Waals surface area contributed by atoms with Crippen LogP contribution in [0.1, 0.15) is 19.4 Å². The maximum atomic E-state index is 11.0. The van der Waals surface area contributed by atoms with E-state index in [0.29, 0.717) is 6.54 Å². The Morgan fingerprint density at radius 2 is 2.19 bits per heavy atom. The van der Waals surface area contributed by atoms with Crippen LogP contribution in [0.5, 0.6) is 0 Å². The number of aliphatic carboxylic acids is 1. The molecule has 0 bridgehead atoms. The fourth-order valence-electron chi connectivity index (χ4n) is 1.65. The quantitative estimate of drug-likeness (QED) is 0.763. The lowest BCUT2D eigenvalue weighted by atomic mass is 10.1. The van der Waals surface area contributed by atoms with Gasteiger partial charge in [0.05, 0.1) is 0 Å². The summed E-state index contributed by atoms with van der Waals surface area (Å²) in [5.74, 6) is -0.823. The molecule has 16 heavy (non-hydrogen) atoms. The van der Waals surface area contributed by atoms with Gasteiger partial charge in [-0.2, -0.15) is 0 Å². The summed E-state index contributed by atoms with van der Waals surface area (Å²) in [7, 11) is 0. The van der Waals surface area contributed by atoms with Crippen molar-refractivity contribution in [2.45, 2.75) is 26.8 Å². The fraction of sp³-hybridized carbons (Fsp3) is 0.417. The lowest BCUT2D eigenvalue weighted by molar-refractivity contribution is -0.138. The summed E-state index contributed by atoms with van der Waals surface area (Å²) in [5, 5.41) is 9.00. The number of nitrogen functional groups attached to an aromatic ring is 1. The van der Waals surface area contributed by atoms with Crippen molar-refractivity contribution in [3.63, 3.8) is 0 Å². The summed E-state index contributed by atoms with van der Waals surface area (Å²) in [6.07, 6.45) is 0. The SMILES string of the molecule is CCN(c1ccc(N)c(C)c1)C(C)C(=O)O. The summed E-state index contributed by atoms with van der Waals surface area (Å²) < 4.78 is 0. The maximum absolute atomic E-state index is 11.0. The molecule has 1 aromatic rings. The molecule has 0 heterocycles. The molecule has 0 aromatic heterocycles. The molecule has 88 valence electrons. The third-order valence-electron chi connectivity index (χ3n) is 2.75. The predicted molar refractivity (Wildman–Crippen MR) is 65.7 cm³/mol. The third kappa shape index (κ3) is 2.45. The highest BCUT2D eigenvalue weighted by Gasteiger charge is 2.19. The van der Waals surface area contributed by atoms with Crippen molar-refractivity contribution >= 4 is 17.3 Å². The Kier molecular flexibility index (Phi) is 3.77. The molecule has 0 saturated heterocycles. The highest BCUT2D eigenvalue weighted by atomic mass is 16.4. The molecule has 4 heteroatoms. The highest BCUT2D eigenvalue weighted by molar-refractivity contribution is 5.78. The van der Waals surface area contributed by atoms with Crippen LogP contribution in [0, 0.1) is 6.92 Å². The van der Waals surface area contributed by atoms with Crippen molar-refractivity contribution in [3.05, 3.63) is 23.8 Å². The smallest absolute Gasteiger partial charge is 0.326 e. The van der Waals surface area contributed by atoms with Gasteiger partial charge in [-0.15, -0.1) is 0 Å². The monoisotopic (exact) mass is 222 g/mol. The van der Waals surface area contributed by atoms with E-state index in [2.05, 4.69) is 0 Å². The Morgan fingerprint density at radius 3 is 2.62 bits per heavy atom. The van der Waals surface area contributed by atoms with Gasteiger partial charge in [0.15, 0.2) is 0 Å². The Morgan fingerprint density at radius 1 is 1.56 bits per heavy atom. The average Bonchev–Trinajstić information content (AvgIpc) is 2.24. The topological polar surface area (TPSA) is 66.6 Å². The van der Waals surface area contributed by atoms with E-state index in [1.807, 2.05) is 36.9 Å². The van der Waals surface area contributed by atoms with E-state index in [1.165, 1.54) is 0 Å². The minimum Gasteiger partial charge on any atom is -0.480 e. The van der Waals surface area contributed by atoms with Crippen molar-refractivity contribution in [3.8, 4) is 0 Å².